The Hall–Kier alpha value is -0.375. The smallest absolute Gasteiger partial charge is 0.159 e. The molecule has 4 heteroatoms. The van der Waals surface area contributed by atoms with Gasteiger partial charge in [0.1, 0.15) is 5.82 Å². The molecule has 10 heavy (non-hydrogen) atoms. The highest BCUT2D eigenvalue weighted by Crippen LogP contribution is 2.16. The molecule has 0 aliphatic carbocycles. The molecule has 2 nitrogen and oxygen atoms in total. The molecule has 0 spiro atoms. The number of nitrogens with zero attached hydrogens (tertiary/aromatic N) is 2. The van der Waals surface area contributed by atoms with E-state index in [2.05, 4.69) is 30.1 Å². The summed E-state index contributed by atoms with van der Waals surface area (Å²) in [6.07, 6.45) is 0. The van der Waals surface area contributed by atoms with Crippen LogP contribution in [0.1, 0.15) is 26.6 Å². The van der Waals surface area contributed by atoms with Gasteiger partial charge in [0.25, 0.3) is 0 Å². The zero-order valence-electron chi connectivity index (χ0n) is 6.38. The van der Waals surface area contributed by atoms with Gasteiger partial charge in [-0.1, -0.05) is 20.8 Å². The van der Waals surface area contributed by atoms with Crippen LogP contribution in [0.5, 0.6) is 0 Å². The van der Waals surface area contributed by atoms with Crippen LogP contribution in [0.4, 0.5) is 0 Å². The largest absolute Gasteiger partial charge is 0.236 e. The molecule has 0 aliphatic heterocycles. The van der Waals surface area contributed by atoms with Gasteiger partial charge in [0.05, 0.1) is 4.91 Å². The Balaban J connectivity index is 2.96. The van der Waals surface area contributed by atoms with Gasteiger partial charge in [-0.25, -0.2) is 4.98 Å². The molecule has 0 fully saturated rings. The molecule has 0 N–H and O–H groups in total. The molecule has 0 amide bonds. The molecule has 0 atom stereocenters. The predicted octanol–water partition coefficient (Wildman–Crippen LogP) is 0.629. The highest BCUT2D eigenvalue weighted by atomic mass is 32.1. The Morgan fingerprint density at radius 2 is 2.00 bits per heavy atom. The van der Waals surface area contributed by atoms with Crippen LogP contribution in [-0.4, -0.2) is 17.2 Å². The Morgan fingerprint density at radius 1 is 1.40 bits per heavy atom. The van der Waals surface area contributed by atoms with Crippen LogP contribution < -0.4 is 4.91 Å². The summed E-state index contributed by atoms with van der Waals surface area (Å²) in [5, 5.41) is 0. The van der Waals surface area contributed by atoms with E-state index in [1.807, 2.05) is 0 Å². The maximum absolute atomic E-state index is 5.42. The van der Waals surface area contributed by atoms with Crippen molar-refractivity contribution in [2.45, 2.75) is 26.2 Å². The third-order valence-corrected chi connectivity index (χ3v) is 1.66. The van der Waals surface area contributed by atoms with Gasteiger partial charge in [-0.05, 0) is 11.5 Å². The summed E-state index contributed by atoms with van der Waals surface area (Å²) in [7, 11) is 5.42. The first-order valence-corrected chi connectivity index (χ1v) is 3.87. The summed E-state index contributed by atoms with van der Waals surface area (Å²) in [6, 6.07) is 0. The van der Waals surface area contributed by atoms with Crippen molar-refractivity contribution in [1.82, 2.24) is 9.36 Å². The number of hydrogen-bond acceptors (Lipinski definition) is 3. The monoisotopic (exact) mass is 152 g/mol. The molecule has 2 radical (unpaired) electrons. The van der Waals surface area contributed by atoms with Crippen molar-refractivity contribution >= 4 is 24.3 Å². The summed E-state index contributed by atoms with van der Waals surface area (Å²) >= 11 is 1.25. The molecule has 0 unspecified atom stereocenters. The van der Waals surface area contributed by atoms with E-state index >= 15 is 0 Å². The maximum Gasteiger partial charge on any atom is 0.159 e. The lowest BCUT2D eigenvalue weighted by Gasteiger charge is -2.11. The molecule has 0 aliphatic rings. The summed E-state index contributed by atoms with van der Waals surface area (Å²) in [4.78, 5) is 4.61. The first-order chi connectivity index (χ1) is 4.50. The standard InChI is InChI=1S/C6H9BN2S/c1-6(2,3)4-8-5(7)10-9-4/h1-3H3. The molecule has 1 heterocycles. The lowest BCUT2D eigenvalue weighted by atomic mass is 9.96. The van der Waals surface area contributed by atoms with Crippen LogP contribution >= 0.6 is 11.5 Å². The van der Waals surface area contributed by atoms with Crippen LogP contribution in [0.25, 0.3) is 0 Å². The molecule has 52 valence electrons. The third-order valence-electron chi connectivity index (χ3n) is 1.11. The van der Waals surface area contributed by atoms with E-state index in [1.165, 1.54) is 11.5 Å². The Labute approximate surface area is 66.3 Å². The van der Waals surface area contributed by atoms with Crippen LogP contribution in [-0.2, 0) is 5.41 Å². The van der Waals surface area contributed by atoms with Crippen molar-refractivity contribution in [2.24, 2.45) is 0 Å². The van der Waals surface area contributed by atoms with Gasteiger partial charge in [-0.3, -0.25) is 0 Å². The quantitative estimate of drug-likeness (QED) is 0.509. The van der Waals surface area contributed by atoms with Gasteiger partial charge in [-0.2, -0.15) is 4.37 Å². The second kappa shape index (κ2) is 2.34. The van der Waals surface area contributed by atoms with Gasteiger partial charge in [0, 0.05) is 5.41 Å². The molecule has 0 saturated carbocycles. The van der Waals surface area contributed by atoms with Crippen molar-refractivity contribution < 1.29 is 0 Å². The fourth-order valence-electron chi connectivity index (χ4n) is 0.540. The minimum atomic E-state index is 0.0219. The van der Waals surface area contributed by atoms with Gasteiger partial charge < -0.3 is 0 Å². The van der Waals surface area contributed by atoms with Crippen molar-refractivity contribution in [2.75, 3.05) is 0 Å². The third kappa shape index (κ3) is 1.56. The maximum atomic E-state index is 5.42. The molecule has 1 aromatic rings. The van der Waals surface area contributed by atoms with E-state index in [1.54, 1.807) is 0 Å². The average Bonchev–Trinajstić information content (AvgIpc) is 2.11. The molecule has 1 aromatic heterocycles. The fourth-order valence-corrected chi connectivity index (χ4v) is 1.16. The zero-order chi connectivity index (χ0) is 7.78. The summed E-state index contributed by atoms with van der Waals surface area (Å²) in [5.41, 5.74) is 0.0219. The van der Waals surface area contributed by atoms with Gasteiger partial charge in [-0.15, -0.1) is 0 Å². The van der Waals surface area contributed by atoms with E-state index in [0.29, 0.717) is 4.91 Å². The number of rotatable bonds is 0. The average molecular weight is 152 g/mol. The summed E-state index contributed by atoms with van der Waals surface area (Å²) in [6.45, 7) is 6.19. The van der Waals surface area contributed by atoms with Gasteiger partial charge in [0.15, 0.2) is 7.85 Å². The van der Waals surface area contributed by atoms with Gasteiger partial charge >= 0.3 is 0 Å². The normalized spacial score (nSPS) is 11.9. The predicted molar refractivity (Wildman–Crippen MR) is 44.0 cm³/mol. The second-order valence-corrected chi connectivity index (χ2v) is 3.99. The Kier molecular flexibility index (Phi) is 1.81. The topological polar surface area (TPSA) is 25.8 Å². The first-order valence-electron chi connectivity index (χ1n) is 3.10. The van der Waals surface area contributed by atoms with E-state index in [-0.39, 0.29) is 5.41 Å². The number of hydrogen-bond donors (Lipinski definition) is 0. The minimum absolute atomic E-state index is 0.0219. The lowest BCUT2D eigenvalue weighted by molar-refractivity contribution is 0.556. The Bertz CT molecular complexity index is 226. The van der Waals surface area contributed by atoms with E-state index in [0.717, 1.165) is 5.82 Å². The van der Waals surface area contributed by atoms with Crippen molar-refractivity contribution in [3.63, 3.8) is 0 Å². The minimum Gasteiger partial charge on any atom is -0.236 e. The van der Waals surface area contributed by atoms with Crippen molar-refractivity contribution in [3.8, 4) is 0 Å². The Morgan fingerprint density at radius 3 is 2.20 bits per heavy atom. The molecule has 0 bridgehead atoms. The second-order valence-electron chi connectivity index (χ2n) is 3.21. The summed E-state index contributed by atoms with van der Waals surface area (Å²) in [5.74, 6) is 0.829. The highest BCUT2D eigenvalue weighted by molar-refractivity contribution is 7.14. The highest BCUT2D eigenvalue weighted by Gasteiger charge is 2.17. The molecule has 0 aromatic carbocycles. The molecule has 0 saturated heterocycles. The molecular weight excluding hydrogens is 143 g/mol. The SMILES string of the molecule is [B]c1nc(C(C)(C)C)ns1. The van der Waals surface area contributed by atoms with Crippen LogP contribution in [0.2, 0.25) is 0 Å². The molecular formula is C6H9BN2S. The zero-order valence-corrected chi connectivity index (χ0v) is 7.20. The van der Waals surface area contributed by atoms with Crippen LogP contribution in [0.15, 0.2) is 0 Å². The van der Waals surface area contributed by atoms with Crippen LogP contribution in [0, 0.1) is 0 Å². The van der Waals surface area contributed by atoms with Crippen LogP contribution in [0.3, 0.4) is 0 Å². The van der Waals surface area contributed by atoms with Crippen molar-refractivity contribution in [3.05, 3.63) is 5.82 Å². The van der Waals surface area contributed by atoms with E-state index < -0.39 is 0 Å². The number of aromatic nitrogens is 2. The van der Waals surface area contributed by atoms with Gasteiger partial charge in [0.2, 0.25) is 0 Å². The molecule has 1 rings (SSSR count). The fraction of sp³-hybridized carbons (Fsp3) is 0.667. The lowest BCUT2D eigenvalue weighted by Crippen LogP contribution is -2.15. The van der Waals surface area contributed by atoms with E-state index in [4.69, 9.17) is 7.85 Å². The summed E-state index contributed by atoms with van der Waals surface area (Å²) < 4.78 is 4.09. The van der Waals surface area contributed by atoms with E-state index in [9.17, 15) is 0 Å². The first kappa shape index (κ1) is 7.73. The van der Waals surface area contributed by atoms with Crippen molar-refractivity contribution in [1.29, 1.82) is 0 Å².